The molecule has 2 aliphatic rings. The molecule has 4 aromatic rings. The fraction of sp³-hybridized carbons (Fsp3) is 0.435. The first-order valence-corrected chi connectivity index (χ1v) is 11.6. The van der Waals surface area contributed by atoms with Crippen LogP contribution in [0.5, 0.6) is 0 Å². The van der Waals surface area contributed by atoms with Crippen molar-refractivity contribution in [1.29, 1.82) is 0 Å². The molecule has 1 aliphatic heterocycles. The SMILES string of the molecule is CNc1nc(N[C@H]2CC[C@@H](N3CCCC3=O)CC2)nc2[nH]cc(-c3ccn4nccc4n3)c12. The Bertz CT molecular complexity index is 1320. The molecule has 10 nitrogen and oxygen atoms in total. The number of H-pyrrole nitrogens is 1. The van der Waals surface area contributed by atoms with E-state index in [1.165, 1.54) is 0 Å². The van der Waals surface area contributed by atoms with Crippen molar-refractivity contribution in [3.63, 3.8) is 0 Å². The van der Waals surface area contributed by atoms with Crippen molar-refractivity contribution in [3.05, 3.63) is 30.7 Å². The molecule has 2 fully saturated rings. The first-order chi connectivity index (χ1) is 16.2. The molecule has 0 spiro atoms. The number of amides is 1. The predicted octanol–water partition coefficient (Wildman–Crippen LogP) is 3.05. The van der Waals surface area contributed by atoms with Crippen LogP contribution in [0.15, 0.2) is 30.7 Å². The highest BCUT2D eigenvalue weighted by Gasteiger charge is 2.31. The lowest BCUT2D eigenvalue weighted by Crippen LogP contribution is -2.41. The number of fused-ring (bicyclic) bond motifs is 2. The predicted molar refractivity (Wildman–Crippen MR) is 126 cm³/mol. The summed E-state index contributed by atoms with van der Waals surface area (Å²) in [5, 5.41) is 11.9. The third kappa shape index (κ3) is 3.55. The van der Waals surface area contributed by atoms with E-state index in [1.54, 1.807) is 10.7 Å². The second-order valence-electron chi connectivity index (χ2n) is 8.86. The Morgan fingerprint density at radius 2 is 2.00 bits per heavy atom. The number of aromatic amines is 1. The van der Waals surface area contributed by atoms with Crippen molar-refractivity contribution in [2.24, 2.45) is 0 Å². The monoisotopic (exact) mass is 445 g/mol. The van der Waals surface area contributed by atoms with Gasteiger partial charge in [-0.25, -0.2) is 9.50 Å². The molecule has 0 aromatic carbocycles. The van der Waals surface area contributed by atoms with Crippen LogP contribution in [0.2, 0.25) is 0 Å². The van der Waals surface area contributed by atoms with E-state index in [9.17, 15) is 4.79 Å². The van der Waals surface area contributed by atoms with Crippen LogP contribution in [0.4, 0.5) is 11.8 Å². The largest absolute Gasteiger partial charge is 0.372 e. The Hall–Kier alpha value is -3.69. The van der Waals surface area contributed by atoms with E-state index in [4.69, 9.17) is 15.0 Å². The van der Waals surface area contributed by atoms with Gasteiger partial charge in [0.05, 0.1) is 17.3 Å². The maximum atomic E-state index is 12.1. The maximum absolute atomic E-state index is 12.1. The van der Waals surface area contributed by atoms with Crippen molar-refractivity contribution in [3.8, 4) is 11.3 Å². The summed E-state index contributed by atoms with van der Waals surface area (Å²) in [6, 6.07) is 4.52. The highest BCUT2D eigenvalue weighted by molar-refractivity contribution is 6.00. The number of carbonyl (C=O) groups is 1. The second kappa shape index (κ2) is 8.02. The van der Waals surface area contributed by atoms with Crippen molar-refractivity contribution >= 4 is 34.4 Å². The van der Waals surface area contributed by atoms with E-state index in [2.05, 4.69) is 25.6 Å². The molecule has 1 saturated carbocycles. The zero-order chi connectivity index (χ0) is 22.4. The number of likely N-dealkylation sites (tertiary alicyclic amines) is 1. The van der Waals surface area contributed by atoms with Gasteiger partial charge >= 0.3 is 0 Å². The van der Waals surface area contributed by atoms with Gasteiger partial charge in [-0.3, -0.25) is 4.79 Å². The average Bonchev–Trinajstić information content (AvgIpc) is 3.58. The summed E-state index contributed by atoms with van der Waals surface area (Å²) in [6.45, 7) is 0.922. The Morgan fingerprint density at radius 1 is 1.12 bits per heavy atom. The van der Waals surface area contributed by atoms with E-state index in [-0.39, 0.29) is 0 Å². The van der Waals surface area contributed by atoms with Gasteiger partial charge in [0.2, 0.25) is 11.9 Å². The molecule has 1 amide bonds. The minimum Gasteiger partial charge on any atom is -0.372 e. The Labute approximate surface area is 190 Å². The summed E-state index contributed by atoms with van der Waals surface area (Å²) in [5.74, 6) is 1.69. The molecule has 4 aromatic heterocycles. The van der Waals surface area contributed by atoms with Crippen LogP contribution < -0.4 is 10.6 Å². The van der Waals surface area contributed by atoms with Gasteiger partial charge in [-0.2, -0.15) is 15.1 Å². The van der Waals surface area contributed by atoms with Gasteiger partial charge in [-0.15, -0.1) is 0 Å². The van der Waals surface area contributed by atoms with Crippen molar-refractivity contribution < 1.29 is 4.79 Å². The lowest BCUT2D eigenvalue weighted by Gasteiger charge is -2.34. The van der Waals surface area contributed by atoms with E-state index in [1.807, 2.05) is 31.6 Å². The molecule has 1 saturated heterocycles. The fourth-order valence-corrected chi connectivity index (χ4v) is 5.21. The van der Waals surface area contributed by atoms with E-state index < -0.39 is 0 Å². The zero-order valence-corrected chi connectivity index (χ0v) is 18.6. The molecule has 0 atom stereocenters. The van der Waals surface area contributed by atoms with E-state index in [0.717, 1.165) is 72.4 Å². The number of rotatable bonds is 5. The number of carbonyl (C=O) groups excluding carboxylic acids is 1. The second-order valence-corrected chi connectivity index (χ2v) is 8.86. The highest BCUT2D eigenvalue weighted by atomic mass is 16.2. The smallest absolute Gasteiger partial charge is 0.226 e. The zero-order valence-electron chi connectivity index (χ0n) is 18.6. The van der Waals surface area contributed by atoms with Crippen molar-refractivity contribution in [2.45, 2.75) is 50.6 Å². The molecule has 6 rings (SSSR count). The van der Waals surface area contributed by atoms with Crippen LogP contribution in [0.3, 0.4) is 0 Å². The van der Waals surface area contributed by atoms with E-state index >= 15 is 0 Å². The van der Waals surface area contributed by atoms with Crippen molar-refractivity contribution in [2.75, 3.05) is 24.2 Å². The number of anilines is 2. The molecule has 33 heavy (non-hydrogen) atoms. The molecule has 0 radical (unpaired) electrons. The minimum atomic E-state index is 0.307. The van der Waals surface area contributed by atoms with Crippen LogP contribution in [0.25, 0.3) is 27.9 Å². The topological polar surface area (TPSA) is 116 Å². The summed E-state index contributed by atoms with van der Waals surface area (Å²) in [7, 11) is 1.87. The number of hydrogen-bond donors (Lipinski definition) is 3. The molecule has 5 heterocycles. The van der Waals surface area contributed by atoms with E-state index in [0.29, 0.717) is 30.4 Å². The highest BCUT2D eigenvalue weighted by Crippen LogP contribution is 2.33. The third-order valence-electron chi connectivity index (χ3n) is 6.88. The third-order valence-corrected chi connectivity index (χ3v) is 6.88. The summed E-state index contributed by atoms with van der Waals surface area (Å²) in [5.41, 5.74) is 3.34. The van der Waals surface area contributed by atoms with Crippen LogP contribution in [0, 0.1) is 0 Å². The van der Waals surface area contributed by atoms with Gasteiger partial charge < -0.3 is 20.5 Å². The van der Waals surface area contributed by atoms with Crippen LogP contribution in [-0.2, 0) is 4.79 Å². The Morgan fingerprint density at radius 3 is 2.79 bits per heavy atom. The van der Waals surface area contributed by atoms with Gasteiger partial charge in [0, 0.05) is 56.1 Å². The first-order valence-electron chi connectivity index (χ1n) is 11.6. The van der Waals surface area contributed by atoms with Gasteiger partial charge in [0.1, 0.15) is 11.5 Å². The van der Waals surface area contributed by atoms with Gasteiger partial charge in [-0.1, -0.05) is 0 Å². The van der Waals surface area contributed by atoms with Crippen LogP contribution in [0.1, 0.15) is 38.5 Å². The van der Waals surface area contributed by atoms with Gasteiger partial charge in [0.15, 0.2) is 5.65 Å². The summed E-state index contributed by atoms with van der Waals surface area (Å²) < 4.78 is 1.74. The Balaban J connectivity index is 1.23. The molecule has 170 valence electrons. The molecular formula is C23H27N9O. The normalized spacial score (nSPS) is 21.2. The molecule has 3 N–H and O–H groups in total. The fourth-order valence-electron chi connectivity index (χ4n) is 5.21. The number of hydrogen-bond acceptors (Lipinski definition) is 7. The summed E-state index contributed by atoms with van der Waals surface area (Å²) >= 11 is 0. The first kappa shape index (κ1) is 20.0. The number of nitrogens with zero attached hydrogens (tertiary/aromatic N) is 6. The summed E-state index contributed by atoms with van der Waals surface area (Å²) in [6.07, 6.45) is 11.4. The lowest BCUT2D eigenvalue weighted by atomic mass is 9.90. The van der Waals surface area contributed by atoms with Crippen LogP contribution >= 0.6 is 0 Å². The van der Waals surface area contributed by atoms with Gasteiger partial charge in [0.25, 0.3) is 0 Å². The lowest BCUT2D eigenvalue weighted by molar-refractivity contribution is -0.130. The molecule has 0 bridgehead atoms. The molecule has 10 heteroatoms. The molecular weight excluding hydrogens is 418 g/mol. The Kier molecular flexibility index (Phi) is 4.85. The minimum absolute atomic E-state index is 0.307. The van der Waals surface area contributed by atoms with Gasteiger partial charge in [-0.05, 0) is 38.2 Å². The number of nitrogens with one attached hydrogen (secondary N) is 3. The summed E-state index contributed by atoms with van der Waals surface area (Å²) in [4.78, 5) is 31.7. The van der Waals surface area contributed by atoms with Crippen LogP contribution in [-0.4, -0.2) is 66.0 Å². The number of aromatic nitrogens is 6. The standard InChI is InChI=1S/C23H27N9O/c1-24-21-20-16(17-9-12-32-18(28-17)8-10-26-32)13-25-22(20)30-23(29-21)27-14-4-6-15(7-5-14)31-11-2-3-19(31)33/h8-10,12-15H,2-7,11H2,1H3,(H3,24,25,27,29,30)/t14-,15+. The maximum Gasteiger partial charge on any atom is 0.226 e. The van der Waals surface area contributed by atoms with Crippen molar-refractivity contribution in [1.82, 2.24) is 34.4 Å². The quantitative estimate of drug-likeness (QED) is 0.432. The average molecular weight is 446 g/mol. The molecule has 0 unspecified atom stereocenters. The molecule has 1 aliphatic carbocycles.